The molecule has 0 unspecified atom stereocenters. The number of likely N-dealkylation sites (N-methyl/N-ethyl adjacent to an activating group) is 1. The number of aromatic nitrogens is 3. The molecule has 10 nitrogen and oxygen atoms in total. The van der Waals surface area contributed by atoms with Crippen LogP contribution in [0, 0.1) is 20.8 Å². The molecule has 3 heterocycles. The first-order valence-corrected chi connectivity index (χ1v) is 15.2. The molecule has 1 aliphatic rings. The average molecular weight is 648 g/mol. The summed E-state index contributed by atoms with van der Waals surface area (Å²) < 4.78 is 42.5. The number of alkyl halides is 3. The zero-order valence-corrected chi connectivity index (χ0v) is 26.7. The Balaban J connectivity index is 1.36. The summed E-state index contributed by atoms with van der Waals surface area (Å²) in [5, 5.41) is 8.39. The molecule has 0 bridgehead atoms. The molecule has 5 rings (SSSR count). The lowest BCUT2D eigenvalue weighted by Gasteiger charge is -2.18. The van der Waals surface area contributed by atoms with Gasteiger partial charge in [-0.05, 0) is 75.8 Å². The quantitative estimate of drug-likeness (QED) is 0.158. The second kappa shape index (κ2) is 13.3. The molecule has 2 aromatic heterocycles. The van der Waals surface area contributed by atoms with Crippen LogP contribution in [0.2, 0.25) is 0 Å². The second-order valence-electron chi connectivity index (χ2n) is 11.4. The van der Waals surface area contributed by atoms with Crippen LogP contribution in [0.3, 0.4) is 0 Å². The van der Waals surface area contributed by atoms with E-state index in [2.05, 4.69) is 44.7 Å². The minimum Gasteiger partial charge on any atom is -0.358 e. The predicted octanol–water partition coefficient (Wildman–Crippen LogP) is 5.96. The van der Waals surface area contributed by atoms with Crippen molar-refractivity contribution >= 4 is 40.7 Å². The number of benzene rings is 2. The van der Waals surface area contributed by atoms with Crippen molar-refractivity contribution in [2.24, 2.45) is 0 Å². The van der Waals surface area contributed by atoms with Gasteiger partial charge >= 0.3 is 6.18 Å². The fourth-order valence-corrected chi connectivity index (χ4v) is 5.60. The molecule has 4 N–H and O–H groups in total. The SMILES string of the molecule is CCN(CC)CCNC(=O)c1c(C)[nH]c(/C=C2\C(=O)Nc3cc(NC(=O)c4cc(-n5cnc(C)c5)cc(C(F)(F)F)c4)ccc32)c1C. The first-order chi connectivity index (χ1) is 22.3. The van der Waals surface area contributed by atoms with Crippen LogP contribution in [-0.4, -0.2) is 63.3 Å². The number of nitrogens with zero attached hydrogens (tertiary/aromatic N) is 3. The van der Waals surface area contributed by atoms with Gasteiger partial charge < -0.3 is 30.4 Å². The topological polar surface area (TPSA) is 124 Å². The summed E-state index contributed by atoms with van der Waals surface area (Å²) in [4.78, 5) is 48.7. The standard InChI is InChI=1S/C34H36F3N7O3/c1-6-43(7-2)11-10-38-33(47)30-20(4)28(40-21(30)5)16-27-26-9-8-24(15-29(26)42-32(27)46)41-31(45)22-12-23(34(35,36)37)14-25(13-22)44-17-19(3)39-18-44/h8-9,12-18,40H,6-7,10-11H2,1-5H3,(H,38,47)(H,41,45)(H,42,46)/b27-16-. The molecular weight excluding hydrogens is 611 g/mol. The summed E-state index contributed by atoms with van der Waals surface area (Å²) in [5.74, 6) is -1.33. The molecule has 0 saturated carbocycles. The van der Waals surface area contributed by atoms with E-state index in [0.717, 1.165) is 31.8 Å². The van der Waals surface area contributed by atoms with Gasteiger partial charge in [-0.3, -0.25) is 14.4 Å². The molecule has 246 valence electrons. The van der Waals surface area contributed by atoms with Gasteiger partial charge in [0.05, 0.1) is 34.4 Å². The molecule has 13 heteroatoms. The molecule has 3 amide bonds. The van der Waals surface area contributed by atoms with Crippen molar-refractivity contribution < 1.29 is 27.6 Å². The van der Waals surface area contributed by atoms with Crippen LogP contribution in [0.1, 0.15) is 68.3 Å². The summed E-state index contributed by atoms with van der Waals surface area (Å²) in [7, 11) is 0. The highest BCUT2D eigenvalue weighted by atomic mass is 19.4. The number of rotatable bonds is 10. The van der Waals surface area contributed by atoms with E-state index >= 15 is 0 Å². The van der Waals surface area contributed by atoms with Crippen LogP contribution in [0.5, 0.6) is 0 Å². The summed E-state index contributed by atoms with van der Waals surface area (Å²) in [5.41, 5.74) is 3.71. The van der Waals surface area contributed by atoms with E-state index in [0.29, 0.717) is 51.6 Å². The molecule has 47 heavy (non-hydrogen) atoms. The number of halogens is 3. The van der Waals surface area contributed by atoms with E-state index in [1.165, 1.54) is 17.0 Å². The van der Waals surface area contributed by atoms with Crippen LogP contribution < -0.4 is 16.0 Å². The van der Waals surface area contributed by atoms with Crippen molar-refractivity contribution in [1.29, 1.82) is 0 Å². The van der Waals surface area contributed by atoms with Gasteiger partial charge in [-0.15, -0.1) is 0 Å². The highest BCUT2D eigenvalue weighted by molar-refractivity contribution is 6.35. The molecule has 2 aromatic carbocycles. The zero-order chi connectivity index (χ0) is 34.0. The summed E-state index contributed by atoms with van der Waals surface area (Å²) in [6, 6.07) is 7.85. The Morgan fingerprint density at radius 1 is 1.04 bits per heavy atom. The largest absolute Gasteiger partial charge is 0.416 e. The minimum absolute atomic E-state index is 0.136. The van der Waals surface area contributed by atoms with Gasteiger partial charge in [0.25, 0.3) is 17.7 Å². The Bertz CT molecular complexity index is 1880. The maximum Gasteiger partial charge on any atom is 0.416 e. The number of nitrogens with one attached hydrogen (secondary N) is 4. The van der Waals surface area contributed by atoms with Gasteiger partial charge in [0.15, 0.2) is 0 Å². The number of carbonyl (C=O) groups excluding carboxylic acids is 3. The summed E-state index contributed by atoms with van der Waals surface area (Å²) in [6.07, 6.45) is -0.0596. The van der Waals surface area contributed by atoms with E-state index in [1.54, 1.807) is 44.3 Å². The number of hydrogen-bond acceptors (Lipinski definition) is 5. The van der Waals surface area contributed by atoms with Crippen molar-refractivity contribution in [2.45, 2.75) is 40.8 Å². The van der Waals surface area contributed by atoms with E-state index in [4.69, 9.17) is 0 Å². The van der Waals surface area contributed by atoms with Crippen molar-refractivity contribution in [3.05, 3.63) is 93.8 Å². The number of carbonyl (C=O) groups is 3. The number of aryl methyl sites for hydroxylation is 2. The molecule has 0 aliphatic carbocycles. The average Bonchev–Trinajstić information content (AvgIpc) is 3.68. The fourth-order valence-electron chi connectivity index (χ4n) is 5.60. The number of aromatic amines is 1. The Labute approximate surface area is 270 Å². The van der Waals surface area contributed by atoms with Crippen LogP contribution in [0.4, 0.5) is 24.5 Å². The molecule has 0 fully saturated rings. The van der Waals surface area contributed by atoms with Gasteiger partial charge in [-0.25, -0.2) is 4.98 Å². The van der Waals surface area contributed by atoms with Gasteiger partial charge in [0.2, 0.25) is 0 Å². The van der Waals surface area contributed by atoms with E-state index in [-0.39, 0.29) is 28.8 Å². The van der Waals surface area contributed by atoms with Crippen molar-refractivity contribution in [3.8, 4) is 5.69 Å². The molecule has 0 spiro atoms. The normalized spacial score (nSPS) is 13.6. The minimum atomic E-state index is -4.67. The van der Waals surface area contributed by atoms with Crippen LogP contribution in [0.15, 0.2) is 48.9 Å². The number of imidazole rings is 1. The van der Waals surface area contributed by atoms with Gasteiger partial charge in [-0.2, -0.15) is 13.2 Å². The summed E-state index contributed by atoms with van der Waals surface area (Å²) >= 11 is 0. The maximum absolute atomic E-state index is 13.7. The molecule has 0 saturated heterocycles. The third-order valence-corrected chi connectivity index (χ3v) is 8.18. The Morgan fingerprint density at radius 2 is 1.79 bits per heavy atom. The van der Waals surface area contributed by atoms with E-state index < -0.39 is 17.6 Å². The Morgan fingerprint density at radius 3 is 2.45 bits per heavy atom. The second-order valence-corrected chi connectivity index (χ2v) is 11.4. The van der Waals surface area contributed by atoms with Crippen molar-refractivity contribution in [2.75, 3.05) is 36.8 Å². The lowest BCUT2D eigenvalue weighted by molar-refractivity contribution is -0.137. The highest BCUT2D eigenvalue weighted by Gasteiger charge is 2.32. The number of H-pyrrole nitrogens is 1. The zero-order valence-electron chi connectivity index (χ0n) is 26.7. The lowest BCUT2D eigenvalue weighted by Crippen LogP contribution is -2.35. The first-order valence-electron chi connectivity index (χ1n) is 15.2. The lowest BCUT2D eigenvalue weighted by atomic mass is 10.0. The van der Waals surface area contributed by atoms with Crippen LogP contribution in [0.25, 0.3) is 17.3 Å². The molecular formula is C34H36F3N7O3. The van der Waals surface area contributed by atoms with Crippen molar-refractivity contribution in [3.63, 3.8) is 0 Å². The highest BCUT2D eigenvalue weighted by Crippen LogP contribution is 2.36. The smallest absolute Gasteiger partial charge is 0.358 e. The Kier molecular flexibility index (Phi) is 9.38. The molecule has 0 radical (unpaired) electrons. The Hall–Kier alpha value is -5.17. The number of anilines is 2. The van der Waals surface area contributed by atoms with Gasteiger partial charge in [0.1, 0.15) is 0 Å². The number of hydrogen-bond donors (Lipinski definition) is 4. The third-order valence-electron chi connectivity index (χ3n) is 8.18. The molecule has 4 aromatic rings. The number of fused-ring (bicyclic) bond motifs is 1. The predicted molar refractivity (Wildman–Crippen MR) is 175 cm³/mol. The molecule has 0 atom stereocenters. The van der Waals surface area contributed by atoms with E-state index in [1.807, 2.05) is 6.92 Å². The maximum atomic E-state index is 13.7. The van der Waals surface area contributed by atoms with Gasteiger partial charge in [-0.1, -0.05) is 19.9 Å². The fraction of sp³-hybridized carbons (Fsp3) is 0.294. The third kappa shape index (κ3) is 7.14. The summed E-state index contributed by atoms with van der Waals surface area (Å²) in [6.45, 7) is 12.5. The van der Waals surface area contributed by atoms with E-state index in [9.17, 15) is 27.6 Å². The van der Waals surface area contributed by atoms with Crippen LogP contribution >= 0.6 is 0 Å². The molecule has 1 aliphatic heterocycles. The first kappa shape index (κ1) is 33.2. The van der Waals surface area contributed by atoms with Crippen molar-refractivity contribution in [1.82, 2.24) is 24.8 Å². The monoisotopic (exact) mass is 647 g/mol. The number of amides is 3. The van der Waals surface area contributed by atoms with Crippen LogP contribution in [-0.2, 0) is 11.0 Å². The van der Waals surface area contributed by atoms with Gasteiger partial charge in [0, 0.05) is 53.2 Å².